The van der Waals surface area contributed by atoms with Crippen LogP contribution in [0.4, 0.5) is 0 Å². The number of aromatic nitrogens is 2. The quantitative estimate of drug-likeness (QED) is 0.448. The van der Waals surface area contributed by atoms with E-state index in [0.29, 0.717) is 50.9 Å². The minimum Gasteiger partial charge on any atom is -0.490 e. The number of allylic oxidation sites excluding steroid dienone is 1. The van der Waals surface area contributed by atoms with Crippen molar-refractivity contribution in [1.29, 1.82) is 0 Å². The number of thiazole rings is 1. The number of hydrogen-bond acceptors (Lipinski definition) is 8. The van der Waals surface area contributed by atoms with Crippen LogP contribution in [-0.2, 0) is 9.53 Å². The third kappa shape index (κ3) is 4.90. The van der Waals surface area contributed by atoms with Gasteiger partial charge in [-0.3, -0.25) is 14.3 Å². The van der Waals surface area contributed by atoms with E-state index < -0.39 is 12.0 Å². The number of hydrogen-bond donors (Lipinski definition) is 0. The fraction of sp³-hybridized carbons (Fsp3) is 0.308. The van der Waals surface area contributed by atoms with E-state index in [1.54, 1.807) is 43.0 Å². The Bertz CT molecular complexity index is 1440. The first-order chi connectivity index (χ1) is 17.0. The molecule has 0 aliphatic carbocycles. The van der Waals surface area contributed by atoms with Crippen LogP contribution < -0.4 is 24.4 Å². The Hall–Kier alpha value is -3.72. The molecule has 0 fully saturated rings. The second-order valence-corrected chi connectivity index (χ2v) is 8.66. The van der Waals surface area contributed by atoms with E-state index >= 15 is 0 Å². The molecule has 0 N–H and O–H groups in total. The van der Waals surface area contributed by atoms with Crippen molar-refractivity contribution in [3.8, 4) is 11.5 Å². The van der Waals surface area contributed by atoms with E-state index in [4.69, 9.17) is 14.2 Å². The normalized spacial score (nSPS) is 15.4. The number of nitrogens with zero attached hydrogens (tertiary/aromatic N) is 3. The second-order valence-electron chi connectivity index (χ2n) is 7.66. The SMILES string of the molecule is CCOC(=O)C1=C(C)N=c2s/c(=C\c3ccncc3)c(=O)n2C1c1ccc(OCC)c(OCC)c1. The topological polar surface area (TPSA) is 92.0 Å². The summed E-state index contributed by atoms with van der Waals surface area (Å²) < 4.78 is 18.9. The molecule has 3 heterocycles. The third-order valence-corrected chi connectivity index (χ3v) is 6.39. The summed E-state index contributed by atoms with van der Waals surface area (Å²) >= 11 is 1.28. The van der Waals surface area contributed by atoms with Gasteiger partial charge < -0.3 is 14.2 Å². The molecule has 1 aliphatic rings. The van der Waals surface area contributed by atoms with Crippen LogP contribution in [-0.4, -0.2) is 35.3 Å². The lowest BCUT2D eigenvalue weighted by molar-refractivity contribution is -0.139. The summed E-state index contributed by atoms with van der Waals surface area (Å²) in [6.07, 6.45) is 5.14. The summed E-state index contributed by atoms with van der Waals surface area (Å²) in [5.41, 5.74) is 2.14. The van der Waals surface area contributed by atoms with Gasteiger partial charge in [-0.05, 0) is 69.2 Å². The summed E-state index contributed by atoms with van der Waals surface area (Å²) in [6.45, 7) is 8.43. The lowest BCUT2D eigenvalue weighted by Crippen LogP contribution is -2.40. The summed E-state index contributed by atoms with van der Waals surface area (Å²) in [5, 5.41) is 0. The molecule has 0 saturated heterocycles. The average molecular weight is 494 g/mol. The number of esters is 1. The van der Waals surface area contributed by atoms with Gasteiger partial charge in [-0.2, -0.15) is 0 Å². The van der Waals surface area contributed by atoms with E-state index in [9.17, 15) is 9.59 Å². The van der Waals surface area contributed by atoms with E-state index in [1.807, 2.05) is 38.1 Å². The molecule has 1 unspecified atom stereocenters. The standard InChI is InChI=1S/C26H27N3O5S/c1-5-32-19-9-8-18(15-20(19)33-6-2)23-22(25(31)34-7-3)16(4)28-26-29(23)24(30)21(35-26)14-17-10-12-27-13-11-17/h8-15,23H,5-7H2,1-4H3/b21-14-. The second kappa shape index (κ2) is 10.7. The van der Waals surface area contributed by atoms with Crippen LogP contribution in [0.15, 0.2) is 63.8 Å². The molecule has 0 saturated carbocycles. The minimum absolute atomic E-state index is 0.211. The van der Waals surface area contributed by atoms with Crippen LogP contribution in [0.3, 0.4) is 0 Å². The summed E-state index contributed by atoms with van der Waals surface area (Å²) in [6, 6.07) is 8.39. The number of carbonyl (C=O) groups excluding carboxylic acids is 1. The highest BCUT2D eigenvalue weighted by Gasteiger charge is 2.34. The Labute approximate surface area is 206 Å². The summed E-state index contributed by atoms with van der Waals surface area (Å²) in [5.74, 6) is 0.638. The molecule has 3 aromatic rings. The first-order valence-electron chi connectivity index (χ1n) is 11.5. The first-order valence-corrected chi connectivity index (χ1v) is 12.3. The molecule has 35 heavy (non-hydrogen) atoms. The number of rotatable bonds is 8. The fourth-order valence-corrected chi connectivity index (χ4v) is 5.00. The molecule has 8 nitrogen and oxygen atoms in total. The smallest absolute Gasteiger partial charge is 0.338 e. The van der Waals surface area contributed by atoms with Gasteiger partial charge in [0.1, 0.15) is 0 Å². The highest BCUT2D eigenvalue weighted by molar-refractivity contribution is 7.07. The lowest BCUT2D eigenvalue weighted by atomic mass is 9.95. The zero-order valence-corrected chi connectivity index (χ0v) is 20.9. The number of fused-ring (bicyclic) bond motifs is 1. The van der Waals surface area contributed by atoms with Crippen LogP contribution in [0.1, 0.15) is 44.9 Å². The number of benzene rings is 1. The largest absolute Gasteiger partial charge is 0.490 e. The highest BCUT2D eigenvalue weighted by Crippen LogP contribution is 2.36. The van der Waals surface area contributed by atoms with Crippen molar-refractivity contribution >= 4 is 23.4 Å². The molecule has 0 radical (unpaired) electrons. The molecule has 1 aromatic carbocycles. The minimum atomic E-state index is -0.722. The Morgan fingerprint density at radius 1 is 1.06 bits per heavy atom. The monoisotopic (exact) mass is 493 g/mol. The predicted octanol–water partition coefficient (Wildman–Crippen LogP) is 2.99. The van der Waals surface area contributed by atoms with Crippen molar-refractivity contribution in [2.75, 3.05) is 19.8 Å². The Kier molecular flexibility index (Phi) is 7.45. The van der Waals surface area contributed by atoms with Gasteiger partial charge in [-0.1, -0.05) is 17.4 Å². The molecule has 182 valence electrons. The van der Waals surface area contributed by atoms with Gasteiger partial charge in [0.25, 0.3) is 5.56 Å². The van der Waals surface area contributed by atoms with E-state index in [0.717, 1.165) is 5.56 Å². The van der Waals surface area contributed by atoms with E-state index in [2.05, 4.69) is 9.98 Å². The van der Waals surface area contributed by atoms with Gasteiger partial charge in [0, 0.05) is 12.4 Å². The summed E-state index contributed by atoms with van der Waals surface area (Å²) in [7, 11) is 0. The Morgan fingerprint density at radius 3 is 2.46 bits per heavy atom. The maximum absolute atomic E-state index is 13.7. The first kappa shape index (κ1) is 24.4. The van der Waals surface area contributed by atoms with Gasteiger partial charge in [-0.15, -0.1) is 0 Å². The Balaban J connectivity index is 1.95. The van der Waals surface area contributed by atoms with Gasteiger partial charge in [0.2, 0.25) is 0 Å². The Morgan fingerprint density at radius 2 is 1.77 bits per heavy atom. The number of pyridine rings is 1. The van der Waals surface area contributed by atoms with Crippen molar-refractivity contribution in [3.05, 3.63) is 84.8 Å². The van der Waals surface area contributed by atoms with Crippen molar-refractivity contribution in [3.63, 3.8) is 0 Å². The molecule has 9 heteroatoms. The van der Waals surface area contributed by atoms with Crippen LogP contribution in [0, 0.1) is 0 Å². The highest BCUT2D eigenvalue weighted by atomic mass is 32.1. The summed E-state index contributed by atoms with van der Waals surface area (Å²) in [4.78, 5) is 35.9. The van der Waals surface area contributed by atoms with Crippen LogP contribution in [0.25, 0.3) is 6.08 Å². The third-order valence-electron chi connectivity index (χ3n) is 5.40. The predicted molar refractivity (Wildman–Crippen MR) is 133 cm³/mol. The van der Waals surface area contributed by atoms with Crippen LogP contribution in [0.2, 0.25) is 0 Å². The molecular weight excluding hydrogens is 466 g/mol. The van der Waals surface area contributed by atoms with Crippen molar-refractivity contribution in [2.45, 2.75) is 33.7 Å². The molecular formula is C26H27N3O5S. The lowest BCUT2D eigenvalue weighted by Gasteiger charge is -2.25. The molecule has 1 aliphatic heterocycles. The molecule has 4 rings (SSSR count). The van der Waals surface area contributed by atoms with Crippen molar-refractivity contribution in [1.82, 2.24) is 9.55 Å². The maximum Gasteiger partial charge on any atom is 0.338 e. The zero-order chi connectivity index (χ0) is 24.9. The fourth-order valence-electron chi connectivity index (χ4n) is 3.96. The van der Waals surface area contributed by atoms with Gasteiger partial charge in [0.05, 0.1) is 41.7 Å². The van der Waals surface area contributed by atoms with Crippen molar-refractivity contribution < 1.29 is 19.0 Å². The van der Waals surface area contributed by atoms with Gasteiger partial charge in [-0.25, -0.2) is 9.79 Å². The van der Waals surface area contributed by atoms with E-state index in [-0.39, 0.29) is 12.2 Å². The number of ether oxygens (including phenoxy) is 3. The van der Waals surface area contributed by atoms with Crippen LogP contribution in [0.5, 0.6) is 11.5 Å². The average Bonchev–Trinajstić information content (AvgIpc) is 3.14. The van der Waals surface area contributed by atoms with Gasteiger partial charge in [0.15, 0.2) is 16.3 Å². The van der Waals surface area contributed by atoms with Crippen LogP contribution >= 0.6 is 11.3 Å². The molecule has 0 amide bonds. The zero-order valence-electron chi connectivity index (χ0n) is 20.1. The molecule has 1 atom stereocenters. The number of carbonyl (C=O) groups is 1. The van der Waals surface area contributed by atoms with Gasteiger partial charge >= 0.3 is 5.97 Å². The van der Waals surface area contributed by atoms with E-state index in [1.165, 1.54) is 11.3 Å². The van der Waals surface area contributed by atoms with Crippen molar-refractivity contribution in [2.24, 2.45) is 4.99 Å². The molecule has 0 spiro atoms. The molecule has 0 bridgehead atoms. The molecule has 2 aromatic heterocycles. The maximum atomic E-state index is 13.7.